The highest BCUT2D eigenvalue weighted by Crippen LogP contribution is 2.14. The van der Waals surface area contributed by atoms with Gasteiger partial charge < -0.3 is 10.1 Å². The molecule has 1 aromatic rings. The van der Waals surface area contributed by atoms with Crippen molar-refractivity contribution in [2.24, 2.45) is 0 Å². The molecular formula is C13H19N3O. The Balaban J connectivity index is 2.68. The van der Waals surface area contributed by atoms with Gasteiger partial charge in [-0.05, 0) is 20.3 Å². The van der Waals surface area contributed by atoms with Crippen molar-refractivity contribution in [2.45, 2.75) is 45.8 Å². The van der Waals surface area contributed by atoms with Gasteiger partial charge in [0, 0.05) is 6.07 Å². The Hall–Kier alpha value is -1.76. The number of anilines is 1. The van der Waals surface area contributed by atoms with Crippen LogP contribution in [0.2, 0.25) is 0 Å². The number of nitrogens with one attached hydrogen (secondary N) is 1. The minimum Gasteiger partial charge on any atom is -0.475 e. The lowest BCUT2D eigenvalue weighted by atomic mass is 10.2. The minimum absolute atomic E-state index is 0.00167. The fourth-order valence-corrected chi connectivity index (χ4v) is 1.39. The van der Waals surface area contributed by atoms with Gasteiger partial charge in [-0.15, -0.1) is 6.42 Å². The summed E-state index contributed by atoms with van der Waals surface area (Å²) < 4.78 is 5.49. The van der Waals surface area contributed by atoms with Gasteiger partial charge in [-0.3, -0.25) is 0 Å². The summed E-state index contributed by atoms with van der Waals surface area (Å²) in [6, 6.07) is 1.77. The van der Waals surface area contributed by atoms with Crippen molar-refractivity contribution in [2.75, 3.05) is 5.32 Å². The average molecular weight is 233 g/mol. The first-order valence-corrected chi connectivity index (χ1v) is 5.87. The van der Waals surface area contributed by atoms with Gasteiger partial charge in [0.15, 0.2) is 0 Å². The van der Waals surface area contributed by atoms with Crippen LogP contribution in [-0.2, 0) is 0 Å². The van der Waals surface area contributed by atoms with Crippen LogP contribution in [0.5, 0.6) is 5.88 Å². The molecule has 1 unspecified atom stereocenters. The van der Waals surface area contributed by atoms with Crippen LogP contribution in [0.3, 0.4) is 0 Å². The Labute approximate surface area is 103 Å². The number of terminal acetylenes is 1. The van der Waals surface area contributed by atoms with Crippen LogP contribution in [0.1, 0.15) is 33.6 Å². The highest BCUT2D eigenvalue weighted by Gasteiger charge is 2.06. The van der Waals surface area contributed by atoms with Crippen LogP contribution in [0, 0.1) is 12.3 Å². The summed E-state index contributed by atoms with van der Waals surface area (Å²) in [5.41, 5.74) is 0. The van der Waals surface area contributed by atoms with Gasteiger partial charge in [0.05, 0.1) is 12.1 Å². The Bertz CT molecular complexity index is 384. The number of nitrogens with zero attached hydrogens (tertiary/aromatic N) is 2. The van der Waals surface area contributed by atoms with E-state index in [1.165, 1.54) is 6.33 Å². The lowest BCUT2D eigenvalue weighted by molar-refractivity contribution is 0.232. The number of ether oxygens (including phenoxy) is 1. The summed E-state index contributed by atoms with van der Waals surface area (Å²) in [5.74, 6) is 3.96. The van der Waals surface area contributed by atoms with Gasteiger partial charge in [-0.1, -0.05) is 19.3 Å². The summed E-state index contributed by atoms with van der Waals surface area (Å²) in [6.07, 6.45) is 8.95. The molecule has 0 spiro atoms. The molecule has 0 saturated heterocycles. The highest BCUT2D eigenvalue weighted by molar-refractivity contribution is 5.40. The van der Waals surface area contributed by atoms with E-state index >= 15 is 0 Å². The van der Waals surface area contributed by atoms with E-state index in [-0.39, 0.29) is 12.1 Å². The summed E-state index contributed by atoms with van der Waals surface area (Å²) in [5, 5.41) is 3.18. The third-order valence-corrected chi connectivity index (χ3v) is 2.10. The fourth-order valence-electron chi connectivity index (χ4n) is 1.39. The Kier molecular flexibility index (Phi) is 5.28. The maximum absolute atomic E-state index is 5.49. The van der Waals surface area contributed by atoms with E-state index in [0.717, 1.165) is 12.8 Å². The van der Waals surface area contributed by atoms with Crippen LogP contribution < -0.4 is 10.1 Å². The Morgan fingerprint density at radius 1 is 1.47 bits per heavy atom. The van der Waals surface area contributed by atoms with E-state index in [2.05, 4.69) is 28.1 Å². The monoisotopic (exact) mass is 233 g/mol. The number of hydrogen-bond acceptors (Lipinski definition) is 4. The van der Waals surface area contributed by atoms with Crippen molar-refractivity contribution in [3.63, 3.8) is 0 Å². The highest BCUT2D eigenvalue weighted by atomic mass is 16.5. The second-order valence-corrected chi connectivity index (χ2v) is 4.06. The van der Waals surface area contributed by atoms with Gasteiger partial charge in [0.1, 0.15) is 12.1 Å². The van der Waals surface area contributed by atoms with Crippen molar-refractivity contribution in [1.29, 1.82) is 0 Å². The maximum atomic E-state index is 5.49. The zero-order valence-corrected chi connectivity index (χ0v) is 10.6. The quantitative estimate of drug-likeness (QED) is 0.767. The molecule has 1 aromatic heterocycles. The van der Waals surface area contributed by atoms with Crippen LogP contribution >= 0.6 is 0 Å². The van der Waals surface area contributed by atoms with E-state index in [1.807, 2.05) is 13.8 Å². The van der Waals surface area contributed by atoms with Crippen molar-refractivity contribution in [1.82, 2.24) is 9.97 Å². The van der Waals surface area contributed by atoms with Crippen molar-refractivity contribution in [3.05, 3.63) is 12.4 Å². The summed E-state index contributed by atoms with van der Waals surface area (Å²) in [7, 11) is 0. The zero-order valence-electron chi connectivity index (χ0n) is 10.6. The van der Waals surface area contributed by atoms with Crippen molar-refractivity contribution >= 4 is 5.82 Å². The third-order valence-electron chi connectivity index (χ3n) is 2.10. The minimum atomic E-state index is 0.00167. The molecule has 4 nitrogen and oxygen atoms in total. The molecule has 0 aromatic carbocycles. The average Bonchev–Trinajstić information content (AvgIpc) is 2.28. The standard InChI is InChI=1S/C13H19N3O/c1-5-7-11(6-2)16-12-8-13(15-9-14-12)17-10(3)4/h2,8-11H,5,7H2,1,3-4H3,(H,14,15,16). The van der Waals surface area contributed by atoms with Crippen LogP contribution in [0.4, 0.5) is 5.82 Å². The lowest BCUT2D eigenvalue weighted by Crippen LogP contribution is -2.18. The molecule has 1 heterocycles. The molecule has 1 rings (SSSR count). The van der Waals surface area contributed by atoms with Crippen LogP contribution in [0.15, 0.2) is 12.4 Å². The van der Waals surface area contributed by atoms with Crippen LogP contribution in [-0.4, -0.2) is 22.1 Å². The molecule has 92 valence electrons. The normalized spacial score (nSPS) is 11.9. The Morgan fingerprint density at radius 3 is 2.82 bits per heavy atom. The number of aromatic nitrogens is 2. The predicted octanol–water partition coefficient (Wildman–Crippen LogP) is 2.48. The van der Waals surface area contributed by atoms with Gasteiger partial charge in [0.2, 0.25) is 5.88 Å². The van der Waals surface area contributed by atoms with E-state index < -0.39 is 0 Å². The third kappa shape index (κ3) is 4.73. The van der Waals surface area contributed by atoms with E-state index in [1.54, 1.807) is 6.07 Å². The van der Waals surface area contributed by atoms with E-state index in [0.29, 0.717) is 11.7 Å². The SMILES string of the molecule is C#CC(CCC)Nc1cc(OC(C)C)ncn1. The van der Waals surface area contributed by atoms with E-state index in [9.17, 15) is 0 Å². The molecule has 0 aliphatic rings. The Morgan fingerprint density at radius 2 is 2.24 bits per heavy atom. The predicted molar refractivity (Wildman–Crippen MR) is 68.9 cm³/mol. The van der Waals surface area contributed by atoms with Gasteiger partial charge in [-0.25, -0.2) is 9.97 Å². The molecule has 0 saturated carbocycles. The van der Waals surface area contributed by atoms with Gasteiger partial charge in [0.25, 0.3) is 0 Å². The van der Waals surface area contributed by atoms with Crippen molar-refractivity contribution in [3.8, 4) is 18.2 Å². The molecule has 4 heteroatoms. The first-order chi connectivity index (χ1) is 8.15. The zero-order chi connectivity index (χ0) is 12.7. The van der Waals surface area contributed by atoms with Gasteiger partial charge >= 0.3 is 0 Å². The second kappa shape index (κ2) is 6.74. The second-order valence-electron chi connectivity index (χ2n) is 4.06. The summed E-state index contributed by atoms with van der Waals surface area (Å²) in [6.45, 7) is 6.01. The smallest absolute Gasteiger partial charge is 0.218 e. The van der Waals surface area contributed by atoms with Gasteiger partial charge in [-0.2, -0.15) is 0 Å². The molecule has 0 aliphatic carbocycles. The molecule has 1 atom stereocenters. The van der Waals surface area contributed by atoms with E-state index in [4.69, 9.17) is 11.2 Å². The molecule has 0 aliphatic heterocycles. The lowest BCUT2D eigenvalue weighted by Gasteiger charge is -2.13. The number of rotatable bonds is 6. The summed E-state index contributed by atoms with van der Waals surface area (Å²) >= 11 is 0. The molecule has 0 radical (unpaired) electrons. The molecule has 0 bridgehead atoms. The molecule has 17 heavy (non-hydrogen) atoms. The maximum Gasteiger partial charge on any atom is 0.218 e. The topological polar surface area (TPSA) is 47.0 Å². The number of hydrogen-bond donors (Lipinski definition) is 1. The molecule has 1 N–H and O–H groups in total. The molecule has 0 amide bonds. The van der Waals surface area contributed by atoms with Crippen molar-refractivity contribution < 1.29 is 4.74 Å². The molecule has 0 fully saturated rings. The fraction of sp³-hybridized carbons (Fsp3) is 0.538. The molecular weight excluding hydrogens is 214 g/mol. The largest absolute Gasteiger partial charge is 0.475 e. The first kappa shape index (κ1) is 13.3. The van der Waals surface area contributed by atoms with Crippen LogP contribution in [0.25, 0.3) is 0 Å². The first-order valence-electron chi connectivity index (χ1n) is 5.87. The summed E-state index contributed by atoms with van der Waals surface area (Å²) in [4.78, 5) is 8.15.